The molecular formula is C9H12N2O2. The molecule has 1 atom stereocenters. The molecule has 0 aliphatic carbocycles. The topological polar surface area (TPSA) is 64.3 Å². The van der Waals surface area contributed by atoms with E-state index in [0.29, 0.717) is 16.9 Å². The minimum atomic E-state index is -0.285. The van der Waals surface area contributed by atoms with Crippen LogP contribution in [0.5, 0.6) is 5.75 Å². The summed E-state index contributed by atoms with van der Waals surface area (Å²) in [5.74, 6) is 0.596. The third-order valence-corrected chi connectivity index (χ3v) is 2.13. The van der Waals surface area contributed by atoms with Gasteiger partial charge in [0.1, 0.15) is 5.52 Å². The lowest BCUT2D eigenvalue weighted by Gasteiger charge is -2.00. The van der Waals surface area contributed by atoms with E-state index in [2.05, 4.69) is 0 Å². The van der Waals surface area contributed by atoms with Gasteiger partial charge in [0.15, 0.2) is 17.1 Å². The number of hydrogen-bond acceptors (Lipinski definition) is 3. The molecule has 3 N–H and O–H groups in total. The van der Waals surface area contributed by atoms with Crippen LogP contribution in [0.4, 0.5) is 0 Å². The van der Waals surface area contributed by atoms with Gasteiger partial charge in [-0.1, -0.05) is 0 Å². The molecular weight excluding hydrogens is 168 g/mol. The highest BCUT2D eigenvalue weighted by Crippen LogP contribution is 2.34. The number of hydrogen-bond donors (Lipinski definition) is 2. The van der Waals surface area contributed by atoms with Crippen molar-refractivity contribution in [3.8, 4) is 5.75 Å². The van der Waals surface area contributed by atoms with E-state index in [1.54, 1.807) is 17.6 Å². The molecule has 2 aromatic heterocycles. The third-order valence-electron chi connectivity index (χ3n) is 2.13. The second-order valence-electron chi connectivity index (χ2n) is 3.24. The zero-order valence-electron chi connectivity index (χ0n) is 7.61. The summed E-state index contributed by atoms with van der Waals surface area (Å²) in [7, 11) is 1.85. The molecule has 0 bridgehead atoms. The van der Waals surface area contributed by atoms with Crippen molar-refractivity contribution in [3.63, 3.8) is 0 Å². The second kappa shape index (κ2) is 2.53. The number of nitrogens with two attached hydrogens (primary N) is 1. The van der Waals surface area contributed by atoms with Crippen molar-refractivity contribution in [2.75, 3.05) is 0 Å². The zero-order valence-corrected chi connectivity index (χ0v) is 7.61. The molecule has 4 heteroatoms. The minimum Gasteiger partial charge on any atom is -0.503 e. The Balaban J connectivity index is 2.75. The number of fused-ring (bicyclic) bond motifs is 1. The number of nitrogens with zero attached hydrogens (tertiary/aromatic N) is 1. The molecule has 2 heterocycles. The van der Waals surface area contributed by atoms with Gasteiger partial charge in [-0.2, -0.15) is 0 Å². The minimum absolute atomic E-state index is 0.150. The van der Waals surface area contributed by atoms with Crippen LogP contribution in [0.2, 0.25) is 0 Å². The van der Waals surface area contributed by atoms with Crippen molar-refractivity contribution in [1.82, 2.24) is 4.57 Å². The first-order chi connectivity index (χ1) is 6.11. The fourth-order valence-electron chi connectivity index (χ4n) is 1.46. The highest BCUT2D eigenvalue weighted by Gasteiger charge is 2.18. The fourth-order valence-corrected chi connectivity index (χ4v) is 1.46. The van der Waals surface area contributed by atoms with Gasteiger partial charge in [-0.25, -0.2) is 0 Å². The Labute approximate surface area is 75.6 Å². The summed E-state index contributed by atoms with van der Waals surface area (Å²) in [4.78, 5) is 0. The maximum atomic E-state index is 9.74. The molecule has 70 valence electrons. The number of aromatic hydroxyl groups is 1. The van der Waals surface area contributed by atoms with Crippen molar-refractivity contribution < 1.29 is 9.52 Å². The van der Waals surface area contributed by atoms with Crippen LogP contribution in [0.1, 0.15) is 18.7 Å². The molecule has 0 aliphatic rings. The number of aromatic nitrogens is 1. The summed E-state index contributed by atoms with van der Waals surface area (Å²) in [5.41, 5.74) is 7.00. The lowest BCUT2D eigenvalue weighted by molar-refractivity contribution is 0.424. The van der Waals surface area contributed by atoms with Gasteiger partial charge in [0, 0.05) is 13.2 Å². The van der Waals surface area contributed by atoms with Crippen LogP contribution >= 0.6 is 0 Å². The zero-order chi connectivity index (χ0) is 9.59. The molecule has 2 aromatic rings. The SMILES string of the molecule is CC(N)c1oc2ccn(C)c2c1O. The van der Waals surface area contributed by atoms with Crippen molar-refractivity contribution in [2.45, 2.75) is 13.0 Å². The molecule has 0 spiro atoms. The maximum absolute atomic E-state index is 9.74. The van der Waals surface area contributed by atoms with Crippen LogP contribution in [-0.4, -0.2) is 9.67 Å². The van der Waals surface area contributed by atoms with Crippen LogP contribution < -0.4 is 5.73 Å². The quantitative estimate of drug-likeness (QED) is 0.698. The van der Waals surface area contributed by atoms with E-state index in [-0.39, 0.29) is 11.8 Å². The van der Waals surface area contributed by atoms with Gasteiger partial charge in [0.05, 0.1) is 6.04 Å². The van der Waals surface area contributed by atoms with Crippen molar-refractivity contribution >= 4 is 11.1 Å². The van der Waals surface area contributed by atoms with Gasteiger partial charge in [0.2, 0.25) is 0 Å². The van der Waals surface area contributed by atoms with Gasteiger partial charge < -0.3 is 19.8 Å². The normalized spacial score (nSPS) is 13.8. The van der Waals surface area contributed by atoms with E-state index >= 15 is 0 Å². The van der Waals surface area contributed by atoms with Crippen LogP contribution in [0.25, 0.3) is 11.1 Å². The Morgan fingerprint density at radius 3 is 2.85 bits per heavy atom. The summed E-state index contributed by atoms with van der Waals surface area (Å²) in [5, 5.41) is 9.74. The largest absolute Gasteiger partial charge is 0.503 e. The number of furan rings is 1. The molecule has 1 unspecified atom stereocenters. The van der Waals surface area contributed by atoms with Crippen molar-refractivity contribution in [3.05, 3.63) is 18.0 Å². The van der Waals surface area contributed by atoms with E-state index in [1.807, 2.05) is 13.2 Å². The molecule has 0 fully saturated rings. The molecule has 0 saturated heterocycles. The first kappa shape index (κ1) is 8.19. The van der Waals surface area contributed by atoms with Gasteiger partial charge in [-0.05, 0) is 13.0 Å². The smallest absolute Gasteiger partial charge is 0.183 e. The van der Waals surface area contributed by atoms with E-state index < -0.39 is 0 Å². The summed E-state index contributed by atoms with van der Waals surface area (Å²) in [6.45, 7) is 1.78. The third kappa shape index (κ3) is 1.02. The molecule has 0 aliphatic heterocycles. The van der Waals surface area contributed by atoms with E-state index in [9.17, 15) is 5.11 Å². The Morgan fingerprint density at radius 2 is 2.31 bits per heavy atom. The Hall–Kier alpha value is -1.42. The van der Waals surface area contributed by atoms with Crippen LogP contribution in [0.15, 0.2) is 16.7 Å². The molecule has 4 nitrogen and oxygen atoms in total. The first-order valence-corrected chi connectivity index (χ1v) is 4.13. The second-order valence-corrected chi connectivity index (χ2v) is 3.24. The molecule has 0 amide bonds. The Kier molecular flexibility index (Phi) is 1.60. The van der Waals surface area contributed by atoms with E-state index in [1.165, 1.54) is 0 Å². The fraction of sp³-hybridized carbons (Fsp3) is 0.333. The average Bonchev–Trinajstić information content (AvgIpc) is 2.55. The molecule has 0 radical (unpaired) electrons. The lowest BCUT2D eigenvalue weighted by atomic mass is 10.2. The summed E-state index contributed by atoms with van der Waals surface area (Å²) in [6.07, 6.45) is 1.83. The summed E-state index contributed by atoms with van der Waals surface area (Å²) < 4.78 is 7.19. The molecule has 0 aromatic carbocycles. The van der Waals surface area contributed by atoms with Crippen molar-refractivity contribution in [2.24, 2.45) is 12.8 Å². The monoisotopic (exact) mass is 180 g/mol. The number of rotatable bonds is 1. The summed E-state index contributed by atoms with van der Waals surface area (Å²) >= 11 is 0. The van der Waals surface area contributed by atoms with E-state index in [4.69, 9.17) is 10.2 Å². The van der Waals surface area contributed by atoms with Gasteiger partial charge in [-0.15, -0.1) is 0 Å². The first-order valence-electron chi connectivity index (χ1n) is 4.13. The highest BCUT2D eigenvalue weighted by atomic mass is 16.4. The maximum Gasteiger partial charge on any atom is 0.183 e. The van der Waals surface area contributed by atoms with Gasteiger partial charge >= 0.3 is 0 Å². The molecule has 0 saturated carbocycles. The van der Waals surface area contributed by atoms with Crippen LogP contribution in [0.3, 0.4) is 0 Å². The van der Waals surface area contributed by atoms with Gasteiger partial charge in [0.25, 0.3) is 0 Å². The molecule has 13 heavy (non-hydrogen) atoms. The average molecular weight is 180 g/mol. The standard InChI is InChI=1S/C9H12N2O2/c1-5(10)9-8(12)7-6(13-9)3-4-11(7)2/h3-5,12H,10H2,1-2H3. The Bertz CT molecular complexity index is 440. The van der Waals surface area contributed by atoms with Crippen LogP contribution in [-0.2, 0) is 7.05 Å². The van der Waals surface area contributed by atoms with Crippen LogP contribution in [0, 0.1) is 0 Å². The molecule has 2 rings (SSSR count). The van der Waals surface area contributed by atoms with Crippen molar-refractivity contribution in [1.29, 1.82) is 0 Å². The predicted octanol–water partition coefficient (Wildman–Crippen LogP) is 1.50. The number of aryl methyl sites for hydroxylation is 1. The predicted molar refractivity (Wildman–Crippen MR) is 49.5 cm³/mol. The van der Waals surface area contributed by atoms with E-state index in [0.717, 1.165) is 0 Å². The lowest BCUT2D eigenvalue weighted by Crippen LogP contribution is -2.03. The van der Waals surface area contributed by atoms with Gasteiger partial charge in [-0.3, -0.25) is 0 Å². The highest BCUT2D eigenvalue weighted by molar-refractivity contribution is 5.82. The Morgan fingerprint density at radius 1 is 1.62 bits per heavy atom. The summed E-state index contributed by atoms with van der Waals surface area (Å²) in [6, 6.07) is 1.52.